The van der Waals surface area contributed by atoms with Crippen molar-refractivity contribution in [2.75, 3.05) is 6.61 Å². The Labute approximate surface area is 150 Å². The van der Waals surface area contributed by atoms with Gasteiger partial charge < -0.3 is 11.2 Å². The van der Waals surface area contributed by atoms with Gasteiger partial charge in [-0.15, -0.1) is 0 Å². The Kier molecular flexibility index (Phi) is 20.5. The summed E-state index contributed by atoms with van der Waals surface area (Å²) in [7, 11) is -4.25. The van der Waals surface area contributed by atoms with E-state index in [2.05, 4.69) is 11.4 Å². The van der Waals surface area contributed by atoms with Crippen LogP contribution in [0.5, 0.6) is 0 Å². The van der Waals surface area contributed by atoms with E-state index in [9.17, 15) is 4.57 Å². The standard InChI is InChI=1S/C16H35O4P.Li.H/c1-2-3-4-5-6-7-8-9-10-11-12-13-14-15-16-20-21(17,18)19;;/h2-16H2,1H3,(H2,17,18,19);;/q;+1;-1. The van der Waals surface area contributed by atoms with E-state index in [0.29, 0.717) is 0 Å². The number of phosphoric acid groups is 1. The van der Waals surface area contributed by atoms with Gasteiger partial charge in [-0.3, -0.25) is 4.52 Å². The van der Waals surface area contributed by atoms with Crippen LogP contribution in [0.3, 0.4) is 0 Å². The van der Waals surface area contributed by atoms with Crippen LogP contribution in [0.2, 0.25) is 0 Å². The second kappa shape index (κ2) is 18.1. The maximum absolute atomic E-state index is 10.4. The van der Waals surface area contributed by atoms with Crippen LogP contribution in [0, 0.1) is 0 Å². The Balaban J connectivity index is -0.00000200. The largest absolute Gasteiger partial charge is 1.00 e. The third-order valence-electron chi connectivity index (χ3n) is 3.76. The maximum atomic E-state index is 10.4. The molecule has 0 amide bonds. The fourth-order valence-corrected chi connectivity index (χ4v) is 2.85. The zero-order valence-corrected chi connectivity index (χ0v) is 15.7. The number of unbranched alkanes of at least 4 members (excludes halogenated alkanes) is 13. The predicted molar refractivity (Wildman–Crippen MR) is 89.4 cm³/mol. The zero-order valence-electron chi connectivity index (χ0n) is 15.8. The van der Waals surface area contributed by atoms with E-state index in [1.807, 2.05) is 0 Å². The molecule has 0 saturated carbocycles. The van der Waals surface area contributed by atoms with E-state index in [-0.39, 0.29) is 26.9 Å². The van der Waals surface area contributed by atoms with Crippen LogP contribution in [0.4, 0.5) is 0 Å². The summed E-state index contributed by atoms with van der Waals surface area (Å²) >= 11 is 0. The fourth-order valence-electron chi connectivity index (χ4n) is 2.48. The van der Waals surface area contributed by atoms with E-state index in [1.54, 1.807) is 0 Å². The predicted octanol–water partition coefficient (Wildman–Crippen LogP) is 2.69. The molecule has 22 heavy (non-hydrogen) atoms. The Morgan fingerprint density at radius 3 is 1.36 bits per heavy atom. The summed E-state index contributed by atoms with van der Waals surface area (Å²) in [6, 6.07) is 0. The second-order valence-electron chi connectivity index (χ2n) is 5.92. The van der Waals surface area contributed by atoms with Crippen molar-refractivity contribution < 1.29 is 39.2 Å². The summed E-state index contributed by atoms with van der Waals surface area (Å²) in [5.41, 5.74) is 0. The number of hydrogen-bond acceptors (Lipinski definition) is 2. The van der Waals surface area contributed by atoms with Crippen LogP contribution in [0.1, 0.15) is 98.2 Å². The quantitative estimate of drug-likeness (QED) is 0.259. The smallest absolute Gasteiger partial charge is 1.00 e. The molecule has 0 radical (unpaired) electrons. The van der Waals surface area contributed by atoms with Crippen molar-refractivity contribution in [1.82, 2.24) is 0 Å². The molecular weight excluding hydrogens is 294 g/mol. The summed E-state index contributed by atoms with van der Waals surface area (Å²) in [5, 5.41) is 0. The summed E-state index contributed by atoms with van der Waals surface area (Å²) in [4.78, 5) is 17.0. The van der Waals surface area contributed by atoms with Crippen molar-refractivity contribution in [3.8, 4) is 0 Å². The van der Waals surface area contributed by atoms with Gasteiger partial charge in [0.25, 0.3) is 0 Å². The molecule has 2 N–H and O–H groups in total. The molecule has 0 atom stereocenters. The van der Waals surface area contributed by atoms with E-state index < -0.39 is 7.82 Å². The van der Waals surface area contributed by atoms with Crippen molar-refractivity contribution in [3.63, 3.8) is 0 Å². The minimum absolute atomic E-state index is 0. The molecule has 0 unspecified atom stereocenters. The third kappa shape index (κ3) is 23.0. The van der Waals surface area contributed by atoms with Gasteiger partial charge in [0.2, 0.25) is 0 Å². The van der Waals surface area contributed by atoms with Crippen LogP contribution >= 0.6 is 7.82 Å². The second-order valence-corrected chi connectivity index (χ2v) is 7.16. The summed E-state index contributed by atoms with van der Waals surface area (Å²) in [6.45, 7) is 2.42. The van der Waals surface area contributed by atoms with Gasteiger partial charge in [0.05, 0.1) is 6.61 Å². The molecule has 0 heterocycles. The van der Waals surface area contributed by atoms with Gasteiger partial charge in [-0.05, 0) is 6.42 Å². The molecule has 0 bridgehead atoms. The first-order valence-corrected chi connectivity index (χ1v) is 10.3. The molecular formula is C16H36LiO4P. The van der Waals surface area contributed by atoms with Gasteiger partial charge in [-0.2, -0.15) is 0 Å². The van der Waals surface area contributed by atoms with Gasteiger partial charge in [0.1, 0.15) is 0 Å². The average molecular weight is 330 g/mol. The normalized spacial score (nSPS) is 11.4. The van der Waals surface area contributed by atoms with Crippen molar-refractivity contribution >= 4 is 7.82 Å². The summed E-state index contributed by atoms with van der Waals surface area (Å²) < 4.78 is 14.8. The monoisotopic (exact) mass is 330 g/mol. The van der Waals surface area contributed by atoms with E-state index >= 15 is 0 Å². The van der Waals surface area contributed by atoms with Gasteiger partial charge in [0, 0.05) is 0 Å². The molecule has 0 fully saturated rings. The molecule has 0 aliphatic rings. The Hall–Kier alpha value is 0.707. The Morgan fingerprint density at radius 1 is 0.727 bits per heavy atom. The molecule has 0 aliphatic carbocycles. The Bertz CT molecular complexity index is 264. The van der Waals surface area contributed by atoms with E-state index in [0.717, 1.165) is 19.3 Å². The van der Waals surface area contributed by atoms with Crippen molar-refractivity contribution in [2.24, 2.45) is 0 Å². The van der Waals surface area contributed by atoms with Gasteiger partial charge in [-0.25, -0.2) is 4.57 Å². The number of rotatable bonds is 16. The molecule has 0 rings (SSSR count). The first-order chi connectivity index (χ1) is 10.1. The zero-order chi connectivity index (χ0) is 15.8. The van der Waals surface area contributed by atoms with E-state index in [4.69, 9.17) is 9.79 Å². The maximum Gasteiger partial charge on any atom is 1.00 e. The molecule has 6 heteroatoms. The van der Waals surface area contributed by atoms with Crippen LogP contribution in [-0.4, -0.2) is 16.4 Å². The minimum Gasteiger partial charge on any atom is -1.00 e. The first kappa shape index (κ1) is 25.0. The SMILES string of the molecule is CCCCCCCCCCCCCCCCOP(=O)(O)O.[H-].[Li+]. The summed E-state index contributed by atoms with van der Waals surface area (Å²) in [5.74, 6) is 0. The van der Waals surface area contributed by atoms with Gasteiger partial charge in [0.15, 0.2) is 0 Å². The molecule has 0 aliphatic heterocycles. The molecule has 0 aromatic heterocycles. The van der Waals surface area contributed by atoms with Crippen molar-refractivity contribution in [3.05, 3.63) is 0 Å². The number of hydrogen-bond donors (Lipinski definition) is 2. The van der Waals surface area contributed by atoms with Gasteiger partial charge >= 0.3 is 26.7 Å². The summed E-state index contributed by atoms with van der Waals surface area (Å²) in [6.07, 6.45) is 17.8. The Morgan fingerprint density at radius 2 is 1.05 bits per heavy atom. The first-order valence-electron chi connectivity index (χ1n) is 8.76. The number of phosphoric ester groups is 1. The van der Waals surface area contributed by atoms with Crippen LogP contribution < -0.4 is 18.9 Å². The molecule has 0 aromatic rings. The topological polar surface area (TPSA) is 66.8 Å². The van der Waals surface area contributed by atoms with Crippen molar-refractivity contribution in [1.29, 1.82) is 0 Å². The minimum atomic E-state index is -4.25. The third-order valence-corrected chi connectivity index (χ3v) is 4.28. The van der Waals surface area contributed by atoms with E-state index in [1.165, 1.54) is 70.6 Å². The molecule has 4 nitrogen and oxygen atoms in total. The molecule has 130 valence electrons. The van der Waals surface area contributed by atoms with Crippen LogP contribution in [0.15, 0.2) is 0 Å². The van der Waals surface area contributed by atoms with Crippen LogP contribution in [-0.2, 0) is 9.09 Å². The van der Waals surface area contributed by atoms with Crippen molar-refractivity contribution in [2.45, 2.75) is 96.8 Å². The average Bonchev–Trinajstić information content (AvgIpc) is 2.42. The molecule has 0 aromatic carbocycles. The fraction of sp³-hybridized carbons (Fsp3) is 1.00. The molecule has 0 spiro atoms. The van der Waals surface area contributed by atoms with Crippen LogP contribution in [0.25, 0.3) is 0 Å². The van der Waals surface area contributed by atoms with Gasteiger partial charge in [-0.1, -0.05) is 90.4 Å². The molecule has 0 saturated heterocycles.